The molecule has 2 aliphatic heterocycles. The van der Waals surface area contributed by atoms with Crippen LogP contribution in [0.15, 0.2) is 4.99 Å². The lowest BCUT2D eigenvalue weighted by atomic mass is 10.2. The van der Waals surface area contributed by atoms with Gasteiger partial charge < -0.3 is 15.0 Å². The molecule has 0 bridgehead atoms. The van der Waals surface area contributed by atoms with E-state index in [0.29, 0.717) is 12.0 Å². The van der Waals surface area contributed by atoms with Gasteiger partial charge in [0, 0.05) is 45.8 Å². The molecule has 5 nitrogen and oxygen atoms in total. The zero-order valence-corrected chi connectivity index (χ0v) is 15.3. The second-order valence-electron chi connectivity index (χ2n) is 5.86. The van der Waals surface area contributed by atoms with Crippen molar-refractivity contribution in [2.45, 2.75) is 26.3 Å². The van der Waals surface area contributed by atoms with Gasteiger partial charge in [-0.05, 0) is 12.3 Å². The molecule has 20 heavy (non-hydrogen) atoms. The van der Waals surface area contributed by atoms with Crippen LogP contribution in [0.1, 0.15) is 20.3 Å². The van der Waals surface area contributed by atoms with Gasteiger partial charge in [-0.2, -0.15) is 0 Å². The van der Waals surface area contributed by atoms with Crippen molar-refractivity contribution in [2.24, 2.45) is 10.9 Å². The number of likely N-dealkylation sites (tertiary alicyclic amines) is 1. The standard InChI is InChI=1S/C14H28N4O.HI/c1-12(2)10-16-14(15-3)18-5-4-13(11-18)17-6-8-19-9-7-17;/h12-13H,4-11H2,1-3H3,(H,15,16);1H. The second kappa shape index (κ2) is 9.04. The molecule has 0 aromatic carbocycles. The molecule has 0 amide bonds. The Balaban J connectivity index is 0.00000200. The van der Waals surface area contributed by atoms with Crippen molar-refractivity contribution in [1.82, 2.24) is 15.1 Å². The first kappa shape index (κ1) is 18.0. The number of halogens is 1. The minimum Gasteiger partial charge on any atom is -0.379 e. The van der Waals surface area contributed by atoms with E-state index in [0.717, 1.165) is 51.9 Å². The number of guanidine groups is 1. The first-order valence-electron chi connectivity index (χ1n) is 7.48. The highest BCUT2D eigenvalue weighted by atomic mass is 127. The monoisotopic (exact) mass is 396 g/mol. The van der Waals surface area contributed by atoms with Crippen molar-refractivity contribution in [2.75, 3.05) is 53.0 Å². The number of hydrogen-bond acceptors (Lipinski definition) is 3. The molecule has 1 N–H and O–H groups in total. The number of aliphatic imine (C=N–C) groups is 1. The highest BCUT2D eigenvalue weighted by Gasteiger charge is 2.30. The molecule has 2 saturated heterocycles. The van der Waals surface area contributed by atoms with E-state index in [4.69, 9.17) is 4.74 Å². The van der Waals surface area contributed by atoms with Gasteiger partial charge >= 0.3 is 0 Å². The summed E-state index contributed by atoms with van der Waals surface area (Å²) in [6.07, 6.45) is 1.24. The maximum absolute atomic E-state index is 5.43. The van der Waals surface area contributed by atoms with Gasteiger partial charge in [-0.25, -0.2) is 0 Å². The Kier molecular flexibility index (Phi) is 8.13. The molecule has 2 rings (SSSR count). The smallest absolute Gasteiger partial charge is 0.193 e. The van der Waals surface area contributed by atoms with Crippen LogP contribution in [0.2, 0.25) is 0 Å². The number of nitrogens with one attached hydrogen (secondary N) is 1. The van der Waals surface area contributed by atoms with E-state index in [1.807, 2.05) is 7.05 Å². The number of hydrogen-bond donors (Lipinski definition) is 1. The summed E-state index contributed by atoms with van der Waals surface area (Å²) < 4.78 is 5.43. The van der Waals surface area contributed by atoms with Crippen molar-refractivity contribution >= 4 is 29.9 Å². The lowest BCUT2D eigenvalue weighted by Gasteiger charge is -2.32. The Bertz CT molecular complexity index is 306. The molecule has 1 unspecified atom stereocenters. The SMILES string of the molecule is CN=C(NCC(C)C)N1CCC(N2CCOCC2)C1.I. The van der Waals surface area contributed by atoms with E-state index < -0.39 is 0 Å². The molecule has 2 fully saturated rings. The summed E-state index contributed by atoms with van der Waals surface area (Å²) in [5.41, 5.74) is 0. The first-order chi connectivity index (χ1) is 9.20. The molecular weight excluding hydrogens is 367 g/mol. The molecular formula is C14H29IN4O. The Morgan fingerprint density at radius 3 is 2.60 bits per heavy atom. The fourth-order valence-corrected chi connectivity index (χ4v) is 2.80. The minimum absolute atomic E-state index is 0. The minimum atomic E-state index is 0. The van der Waals surface area contributed by atoms with E-state index in [9.17, 15) is 0 Å². The van der Waals surface area contributed by atoms with Crippen LogP contribution in [0, 0.1) is 5.92 Å². The van der Waals surface area contributed by atoms with Crippen LogP contribution >= 0.6 is 24.0 Å². The highest BCUT2D eigenvalue weighted by molar-refractivity contribution is 14.0. The van der Waals surface area contributed by atoms with Crippen molar-refractivity contribution in [3.8, 4) is 0 Å². The number of nitrogens with zero attached hydrogens (tertiary/aromatic N) is 3. The Morgan fingerprint density at radius 2 is 2.00 bits per heavy atom. The van der Waals surface area contributed by atoms with E-state index in [1.54, 1.807) is 0 Å². The van der Waals surface area contributed by atoms with Crippen LogP contribution < -0.4 is 5.32 Å². The van der Waals surface area contributed by atoms with Gasteiger partial charge in [0.2, 0.25) is 0 Å². The van der Waals surface area contributed by atoms with E-state index in [-0.39, 0.29) is 24.0 Å². The topological polar surface area (TPSA) is 40.1 Å². The summed E-state index contributed by atoms with van der Waals surface area (Å²) in [6.45, 7) is 11.6. The van der Waals surface area contributed by atoms with Gasteiger partial charge in [0.1, 0.15) is 0 Å². The van der Waals surface area contributed by atoms with Crippen LogP contribution in [-0.4, -0.2) is 74.8 Å². The Hall–Kier alpha value is -0.0800. The summed E-state index contributed by atoms with van der Waals surface area (Å²) in [7, 11) is 1.88. The van der Waals surface area contributed by atoms with Crippen LogP contribution in [-0.2, 0) is 4.74 Å². The van der Waals surface area contributed by atoms with Gasteiger partial charge in [-0.1, -0.05) is 13.8 Å². The number of rotatable bonds is 3. The normalized spacial score (nSPS) is 24.9. The molecule has 0 saturated carbocycles. The molecule has 0 aliphatic carbocycles. The first-order valence-corrected chi connectivity index (χ1v) is 7.48. The Labute approximate surface area is 140 Å². The lowest BCUT2D eigenvalue weighted by Crippen LogP contribution is -2.47. The van der Waals surface area contributed by atoms with Crippen LogP contribution in [0.3, 0.4) is 0 Å². The zero-order valence-electron chi connectivity index (χ0n) is 13.0. The Morgan fingerprint density at radius 1 is 1.30 bits per heavy atom. The van der Waals surface area contributed by atoms with Crippen molar-refractivity contribution in [3.63, 3.8) is 0 Å². The van der Waals surface area contributed by atoms with Gasteiger partial charge in [0.15, 0.2) is 5.96 Å². The van der Waals surface area contributed by atoms with E-state index >= 15 is 0 Å². The molecule has 0 aromatic rings. The average molecular weight is 396 g/mol. The summed E-state index contributed by atoms with van der Waals surface area (Å²) in [5, 5.41) is 3.47. The fourth-order valence-electron chi connectivity index (χ4n) is 2.80. The van der Waals surface area contributed by atoms with Crippen LogP contribution in [0.4, 0.5) is 0 Å². The maximum Gasteiger partial charge on any atom is 0.193 e. The van der Waals surface area contributed by atoms with Crippen LogP contribution in [0.25, 0.3) is 0 Å². The molecule has 118 valence electrons. The largest absolute Gasteiger partial charge is 0.379 e. The predicted molar refractivity (Wildman–Crippen MR) is 94.0 cm³/mol. The molecule has 0 aromatic heterocycles. The molecule has 0 radical (unpaired) electrons. The van der Waals surface area contributed by atoms with E-state index in [1.165, 1.54) is 6.42 Å². The molecule has 1 atom stereocenters. The molecule has 6 heteroatoms. The number of ether oxygens (including phenoxy) is 1. The molecule has 2 aliphatic rings. The van der Waals surface area contributed by atoms with Gasteiger partial charge in [0.05, 0.1) is 13.2 Å². The summed E-state index contributed by atoms with van der Waals surface area (Å²) in [4.78, 5) is 9.37. The second-order valence-corrected chi connectivity index (χ2v) is 5.86. The maximum atomic E-state index is 5.43. The average Bonchev–Trinajstić information content (AvgIpc) is 2.90. The fraction of sp³-hybridized carbons (Fsp3) is 0.929. The van der Waals surface area contributed by atoms with E-state index in [2.05, 4.69) is 34.0 Å². The zero-order chi connectivity index (χ0) is 13.7. The summed E-state index contributed by atoms with van der Waals surface area (Å²) in [5.74, 6) is 1.71. The van der Waals surface area contributed by atoms with Crippen molar-refractivity contribution < 1.29 is 4.74 Å². The molecule has 0 spiro atoms. The molecule has 2 heterocycles. The van der Waals surface area contributed by atoms with Gasteiger partial charge in [-0.3, -0.25) is 9.89 Å². The third-order valence-electron chi connectivity index (χ3n) is 3.91. The lowest BCUT2D eigenvalue weighted by molar-refractivity contribution is 0.0195. The summed E-state index contributed by atoms with van der Waals surface area (Å²) >= 11 is 0. The third-order valence-corrected chi connectivity index (χ3v) is 3.91. The number of morpholine rings is 1. The van der Waals surface area contributed by atoms with Crippen molar-refractivity contribution in [1.29, 1.82) is 0 Å². The van der Waals surface area contributed by atoms with Gasteiger partial charge in [-0.15, -0.1) is 24.0 Å². The van der Waals surface area contributed by atoms with Crippen molar-refractivity contribution in [3.05, 3.63) is 0 Å². The predicted octanol–water partition coefficient (Wildman–Crippen LogP) is 1.24. The summed E-state index contributed by atoms with van der Waals surface area (Å²) in [6, 6.07) is 0.668. The third kappa shape index (κ3) is 5.04. The van der Waals surface area contributed by atoms with Gasteiger partial charge in [0.25, 0.3) is 0 Å². The highest BCUT2D eigenvalue weighted by Crippen LogP contribution is 2.17. The quantitative estimate of drug-likeness (QED) is 0.443. The van der Waals surface area contributed by atoms with Crippen LogP contribution in [0.5, 0.6) is 0 Å².